The molecule has 5 heteroatoms. The van der Waals surface area contributed by atoms with Crippen LogP contribution in [0.4, 0.5) is 0 Å². The first-order chi connectivity index (χ1) is 10.1. The van der Waals surface area contributed by atoms with Crippen LogP contribution in [0.3, 0.4) is 0 Å². The average molecular weight is 304 g/mol. The van der Waals surface area contributed by atoms with Crippen LogP contribution in [-0.2, 0) is 10.0 Å². The summed E-state index contributed by atoms with van der Waals surface area (Å²) in [4.78, 5) is 4.30. The first kappa shape index (κ1) is 14.3. The Morgan fingerprint density at radius 3 is 2.33 bits per heavy atom. The van der Waals surface area contributed by atoms with Gasteiger partial charge in [0.05, 0.1) is 10.6 Å². The minimum absolute atomic E-state index is 0.319. The highest BCUT2D eigenvalue weighted by molar-refractivity contribution is 7.90. The van der Waals surface area contributed by atoms with Crippen molar-refractivity contribution in [1.29, 1.82) is 0 Å². The van der Waals surface area contributed by atoms with Crippen LogP contribution in [0, 0.1) is 6.92 Å². The van der Waals surface area contributed by atoms with Crippen LogP contribution < -0.4 is 0 Å². The van der Waals surface area contributed by atoms with Gasteiger partial charge in [0.15, 0.2) is 0 Å². The summed E-state index contributed by atoms with van der Waals surface area (Å²) in [7, 11) is -3.51. The van der Waals surface area contributed by atoms with Gasteiger partial charge < -0.3 is 0 Å². The highest BCUT2D eigenvalue weighted by Gasteiger charge is 2.19. The summed E-state index contributed by atoms with van der Waals surface area (Å²) < 4.78 is 26.1. The predicted octanol–water partition coefficient (Wildman–Crippen LogP) is 3.48. The molecule has 1 aliphatic carbocycles. The van der Waals surface area contributed by atoms with Crippen molar-refractivity contribution in [3.05, 3.63) is 48.0 Å². The lowest BCUT2D eigenvalue weighted by Crippen LogP contribution is -2.11. The van der Waals surface area contributed by atoms with E-state index < -0.39 is 10.0 Å². The van der Waals surface area contributed by atoms with Gasteiger partial charge in [0, 0.05) is 6.20 Å². The van der Waals surface area contributed by atoms with Crippen LogP contribution in [0.2, 0.25) is 0 Å². The average Bonchev–Trinajstić information content (AvgIpc) is 2.96. The van der Waals surface area contributed by atoms with E-state index in [4.69, 9.17) is 0 Å². The van der Waals surface area contributed by atoms with E-state index in [1.807, 2.05) is 12.1 Å². The second-order valence-corrected chi connectivity index (χ2v) is 7.60. The highest BCUT2D eigenvalue weighted by atomic mass is 32.2. The largest absolute Gasteiger partial charge is 0.268 e. The number of hydrogen-bond acceptors (Lipinski definition) is 3. The van der Waals surface area contributed by atoms with Crippen LogP contribution in [0.1, 0.15) is 49.3 Å². The molecule has 1 fully saturated rings. The summed E-state index contributed by atoms with van der Waals surface area (Å²) in [6.45, 7) is 1.78. The second-order valence-electron chi connectivity index (χ2n) is 5.75. The van der Waals surface area contributed by atoms with Crippen LogP contribution in [0.25, 0.3) is 0 Å². The molecule has 1 aliphatic rings. The monoisotopic (exact) mass is 304 g/mol. The molecule has 0 N–H and O–H groups in total. The van der Waals surface area contributed by atoms with Crippen LogP contribution in [-0.4, -0.2) is 17.4 Å². The van der Waals surface area contributed by atoms with Crippen molar-refractivity contribution >= 4 is 10.0 Å². The molecule has 0 saturated heterocycles. The molecular formula is C16H20N2O2S. The van der Waals surface area contributed by atoms with E-state index in [9.17, 15) is 8.42 Å². The quantitative estimate of drug-likeness (QED) is 0.872. The summed E-state index contributed by atoms with van der Waals surface area (Å²) in [6, 6.07) is 7.36. The zero-order valence-electron chi connectivity index (χ0n) is 12.2. The van der Waals surface area contributed by atoms with Crippen LogP contribution in [0.15, 0.2) is 41.7 Å². The number of imidazole rings is 1. The fraction of sp³-hybridized carbons (Fsp3) is 0.438. The topological polar surface area (TPSA) is 52.0 Å². The minimum atomic E-state index is -3.51. The Bertz CT molecular complexity index is 711. The van der Waals surface area contributed by atoms with Gasteiger partial charge in [0.2, 0.25) is 0 Å². The molecule has 4 nitrogen and oxygen atoms in total. The van der Waals surface area contributed by atoms with Gasteiger partial charge in [0.25, 0.3) is 10.0 Å². The third-order valence-electron chi connectivity index (χ3n) is 4.22. The Labute approximate surface area is 125 Å². The van der Waals surface area contributed by atoms with E-state index in [0.717, 1.165) is 0 Å². The van der Waals surface area contributed by atoms with Crippen molar-refractivity contribution in [2.75, 3.05) is 0 Å². The number of rotatable bonds is 3. The zero-order chi connectivity index (χ0) is 14.9. The van der Waals surface area contributed by atoms with E-state index >= 15 is 0 Å². The zero-order valence-corrected chi connectivity index (χ0v) is 13.0. The third-order valence-corrected chi connectivity index (χ3v) is 5.84. The third kappa shape index (κ3) is 2.88. The molecule has 0 spiro atoms. The van der Waals surface area contributed by atoms with E-state index in [1.54, 1.807) is 19.1 Å². The lowest BCUT2D eigenvalue weighted by Gasteiger charge is -2.22. The van der Waals surface area contributed by atoms with Crippen molar-refractivity contribution in [2.45, 2.75) is 49.8 Å². The molecule has 1 saturated carbocycles. The Kier molecular flexibility index (Phi) is 3.85. The molecule has 0 aliphatic heterocycles. The lowest BCUT2D eigenvalue weighted by atomic mass is 9.84. The number of aromatic nitrogens is 2. The molecule has 0 unspecified atom stereocenters. The van der Waals surface area contributed by atoms with Gasteiger partial charge >= 0.3 is 0 Å². The molecule has 0 radical (unpaired) electrons. The van der Waals surface area contributed by atoms with Crippen molar-refractivity contribution in [1.82, 2.24) is 8.96 Å². The maximum atomic E-state index is 12.5. The summed E-state index contributed by atoms with van der Waals surface area (Å²) in [5.74, 6) is 0.589. The summed E-state index contributed by atoms with van der Waals surface area (Å²) in [6.07, 6.45) is 9.19. The summed E-state index contributed by atoms with van der Waals surface area (Å²) in [5, 5.41) is 0. The van der Waals surface area contributed by atoms with E-state index in [0.29, 0.717) is 16.5 Å². The van der Waals surface area contributed by atoms with E-state index in [2.05, 4.69) is 4.98 Å². The lowest BCUT2D eigenvalue weighted by molar-refractivity contribution is 0.443. The molecular weight excluding hydrogens is 284 g/mol. The number of hydrogen-bond donors (Lipinski definition) is 0. The molecule has 1 aromatic heterocycles. The summed E-state index contributed by atoms with van der Waals surface area (Å²) >= 11 is 0. The molecule has 0 amide bonds. The maximum Gasteiger partial charge on any atom is 0.268 e. The predicted molar refractivity (Wildman–Crippen MR) is 81.8 cm³/mol. The minimum Gasteiger partial charge on any atom is -0.241 e. The Morgan fingerprint density at radius 2 is 1.76 bits per heavy atom. The van der Waals surface area contributed by atoms with E-state index in [-0.39, 0.29) is 0 Å². The molecule has 2 aromatic rings. The number of benzene rings is 1. The van der Waals surface area contributed by atoms with Crippen LogP contribution >= 0.6 is 0 Å². The van der Waals surface area contributed by atoms with Crippen molar-refractivity contribution in [3.63, 3.8) is 0 Å². The van der Waals surface area contributed by atoms with Crippen molar-refractivity contribution in [2.24, 2.45) is 0 Å². The van der Waals surface area contributed by atoms with Gasteiger partial charge in [-0.05, 0) is 43.4 Å². The summed E-state index contributed by atoms with van der Waals surface area (Å²) in [5.41, 5.74) is 1.95. The van der Waals surface area contributed by atoms with Gasteiger partial charge in [-0.1, -0.05) is 31.4 Å². The molecule has 0 atom stereocenters. The van der Waals surface area contributed by atoms with Gasteiger partial charge in [-0.25, -0.2) is 17.4 Å². The maximum absolute atomic E-state index is 12.5. The van der Waals surface area contributed by atoms with Gasteiger partial charge in [0.1, 0.15) is 6.33 Å². The van der Waals surface area contributed by atoms with Gasteiger partial charge in [-0.3, -0.25) is 0 Å². The first-order valence-electron chi connectivity index (χ1n) is 7.43. The number of nitrogens with zero attached hydrogens (tertiary/aromatic N) is 2. The van der Waals surface area contributed by atoms with Gasteiger partial charge in [-0.15, -0.1) is 0 Å². The fourth-order valence-electron chi connectivity index (χ4n) is 3.00. The smallest absolute Gasteiger partial charge is 0.241 e. The number of aryl methyl sites for hydroxylation is 1. The molecule has 1 aromatic carbocycles. The molecule has 3 rings (SSSR count). The fourth-order valence-corrected chi connectivity index (χ4v) is 4.19. The first-order valence-corrected chi connectivity index (χ1v) is 8.87. The van der Waals surface area contributed by atoms with E-state index in [1.165, 1.54) is 54.2 Å². The SMILES string of the molecule is Cc1cn(S(=O)(=O)c2ccc(C3CCCCC3)cc2)cn1. The Hall–Kier alpha value is -1.62. The molecule has 0 bridgehead atoms. The highest BCUT2D eigenvalue weighted by Crippen LogP contribution is 2.33. The van der Waals surface area contributed by atoms with Crippen molar-refractivity contribution < 1.29 is 8.42 Å². The second kappa shape index (κ2) is 5.64. The van der Waals surface area contributed by atoms with Crippen LogP contribution in [0.5, 0.6) is 0 Å². The molecule has 1 heterocycles. The Balaban J connectivity index is 1.86. The molecule has 112 valence electrons. The Morgan fingerprint density at radius 1 is 1.10 bits per heavy atom. The van der Waals surface area contributed by atoms with Crippen molar-refractivity contribution in [3.8, 4) is 0 Å². The normalized spacial score (nSPS) is 17.0. The molecule has 21 heavy (non-hydrogen) atoms. The van der Waals surface area contributed by atoms with Gasteiger partial charge in [-0.2, -0.15) is 0 Å². The standard InChI is InChI=1S/C16H20N2O2S/c1-13-11-18(12-17-13)21(19,20)16-9-7-15(8-10-16)14-5-3-2-4-6-14/h7-12,14H,2-6H2,1H3.